The maximum atomic E-state index is 13.7. The zero-order valence-corrected chi connectivity index (χ0v) is 20.9. The van der Waals surface area contributed by atoms with Crippen LogP contribution in [-0.2, 0) is 14.3 Å². The van der Waals surface area contributed by atoms with Crippen LogP contribution < -0.4 is 19.8 Å². The van der Waals surface area contributed by atoms with Gasteiger partial charge in [-0.2, -0.15) is 0 Å². The molecule has 9 heteroatoms. The largest absolute Gasteiger partial charge is 0.463 e. The minimum absolute atomic E-state index is 0.191. The molecule has 2 aromatic carbocycles. The first-order valence-corrected chi connectivity index (χ1v) is 12.7. The van der Waals surface area contributed by atoms with Gasteiger partial charge in [0, 0.05) is 18.8 Å². The van der Waals surface area contributed by atoms with Gasteiger partial charge in [0.15, 0.2) is 4.80 Å². The smallest absolute Gasteiger partial charge is 0.338 e. The number of anilines is 1. The van der Waals surface area contributed by atoms with Crippen molar-refractivity contribution >= 4 is 29.1 Å². The topological polar surface area (TPSA) is 73.1 Å². The molecule has 2 aliphatic heterocycles. The van der Waals surface area contributed by atoms with Gasteiger partial charge in [-0.25, -0.2) is 14.2 Å². The Morgan fingerprint density at radius 3 is 2.53 bits per heavy atom. The van der Waals surface area contributed by atoms with Crippen molar-refractivity contribution in [1.82, 2.24) is 4.57 Å². The Morgan fingerprint density at radius 1 is 1.17 bits per heavy atom. The first-order valence-electron chi connectivity index (χ1n) is 11.8. The molecule has 0 N–H and O–H groups in total. The molecule has 0 aliphatic carbocycles. The number of nitrogens with zero attached hydrogens (tertiary/aromatic N) is 3. The van der Waals surface area contributed by atoms with E-state index in [9.17, 15) is 14.0 Å². The molecular weight excluding hydrogens is 481 g/mol. The van der Waals surface area contributed by atoms with Crippen molar-refractivity contribution in [3.63, 3.8) is 0 Å². The molecule has 0 bridgehead atoms. The lowest BCUT2D eigenvalue weighted by molar-refractivity contribution is -0.139. The third-order valence-corrected chi connectivity index (χ3v) is 7.25. The van der Waals surface area contributed by atoms with E-state index in [2.05, 4.69) is 9.89 Å². The van der Waals surface area contributed by atoms with Gasteiger partial charge in [0.25, 0.3) is 5.56 Å². The molecule has 0 unspecified atom stereocenters. The molecule has 0 amide bonds. The summed E-state index contributed by atoms with van der Waals surface area (Å²) in [5.74, 6) is -0.939. The molecule has 1 saturated heterocycles. The Labute approximate surface area is 211 Å². The summed E-state index contributed by atoms with van der Waals surface area (Å²) in [6, 6.07) is 13.1. The lowest BCUT2D eigenvalue weighted by atomic mass is 9.96. The first kappa shape index (κ1) is 24.1. The Balaban J connectivity index is 1.58. The molecule has 3 aromatic rings. The number of thiazole rings is 1. The molecule has 1 atom stereocenters. The summed E-state index contributed by atoms with van der Waals surface area (Å²) in [6.45, 7) is 6.77. The normalized spacial score (nSPS) is 18.1. The minimum Gasteiger partial charge on any atom is -0.463 e. The third kappa shape index (κ3) is 4.64. The molecule has 7 nitrogen and oxygen atoms in total. The quantitative estimate of drug-likeness (QED) is 0.497. The molecule has 5 rings (SSSR count). The second-order valence-corrected chi connectivity index (χ2v) is 9.55. The number of allylic oxidation sites excluding steroid dienone is 1. The monoisotopic (exact) mass is 507 g/mol. The second-order valence-electron chi connectivity index (χ2n) is 8.54. The number of hydrogen-bond acceptors (Lipinski definition) is 7. The first-order chi connectivity index (χ1) is 17.5. The molecule has 3 heterocycles. The van der Waals surface area contributed by atoms with Crippen molar-refractivity contribution in [3.05, 3.63) is 96.4 Å². The Kier molecular flexibility index (Phi) is 6.84. The zero-order valence-electron chi connectivity index (χ0n) is 20.1. The summed E-state index contributed by atoms with van der Waals surface area (Å²) in [5, 5.41) is 0. The molecule has 1 fully saturated rings. The van der Waals surface area contributed by atoms with Crippen LogP contribution in [0.3, 0.4) is 0 Å². The molecule has 36 heavy (non-hydrogen) atoms. The van der Waals surface area contributed by atoms with Gasteiger partial charge in [-0.05, 0) is 55.3 Å². The van der Waals surface area contributed by atoms with Crippen LogP contribution in [0, 0.1) is 5.82 Å². The van der Waals surface area contributed by atoms with Gasteiger partial charge < -0.3 is 14.4 Å². The fourth-order valence-electron chi connectivity index (χ4n) is 4.51. The average Bonchev–Trinajstić information content (AvgIpc) is 3.19. The second kappa shape index (κ2) is 10.2. The number of esters is 1. The van der Waals surface area contributed by atoms with Gasteiger partial charge in [-0.15, -0.1) is 0 Å². The van der Waals surface area contributed by atoms with Gasteiger partial charge in [0.2, 0.25) is 0 Å². The molecule has 0 radical (unpaired) electrons. The Morgan fingerprint density at radius 2 is 1.86 bits per heavy atom. The van der Waals surface area contributed by atoms with Crippen LogP contribution in [-0.4, -0.2) is 43.4 Å². The zero-order chi connectivity index (χ0) is 25.2. The Hall–Kier alpha value is -3.56. The molecule has 2 aliphatic rings. The summed E-state index contributed by atoms with van der Waals surface area (Å²) in [4.78, 5) is 33.8. The highest BCUT2D eigenvalue weighted by Crippen LogP contribution is 2.30. The average molecular weight is 508 g/mol. The van der Waals surface area contributed by atoms with Gasteiger partial charge in [-0.3, -0.25) is 9.36 Å². The van der Waals surface area contributed by atoms with E-state index in [0.29, 0.717) is 33.8 Å². The summed E-state index contributed by atoms with van der Waals surface area (Å²) in [7, 11) is 0. The number of rotatable bonds is 5. The lowest BCUT2D eigenvalue weighted by Gasteiger charge is -2.28. The lowest BCUT2D eigenvalue weighted by Crippen LogP contribution is -2.39. The predicted molar refractivity (Wildman–Crippen MR) is 136 cm³/mol. The van der Waals surface area contributed by atoms with E-state index in [4.69, 9.17) is 9.47 Å². The minimum atomic E-state index is -0.758. The van der Waals surface area contributed by atoms with E-state index in [-0.39, 0.29) is 17.7 Å². The summed E-state index contributed by atoms with van der Waals surface area (Å²) in [6.07, 6.45) is 1.83. The van der Waals surface area contributed by atoms with Crippen molar-refractivity contribution in [3.8, 4) is 0 Å². The number of carbonyl (C=O) groups is 1. The van der Waals surface area contributed by atoms with Crippen LogP contribution in [0.25, 0.3) is 6.08 Å². The van der Waals surface area contributed by atoms with E-state index in [1.165, 1.54) is 28.0 Å². The van der Waals surface area contributed by atoms with Crippen LogP contribution >= 0.6 is 11.3 Å². The standard InChI is InChI=1S/C27H26FN3O4S/c1-3-35-26(33)23-17(2)29-27-31(24(23)19-6-8-20(28)9-7-19)25(32)22(36-27)16-18-4-10-21(11-5-18)30-12-14-34-15-13-30/h4-11,16,24H,3,12-15H2,1-2H3/b22-16+/t24-/m1/s1. The fourth-order valence-corrected chi connectivity index (χ4v) is 5.55. The molecular formula is C27H26FN3O4S. The molecule has 1 aromatic heterocycles. The van der Waals surface area contributed by atoms with Crippen LogP contribution in [0.4, 0.5) is 10.1 Å². The van der Waals surface area contributed by atoms with E-state index < -0.39 is 17.8 Å². The summed E-state index contributed by atoms with van der Waals surface area (Å²) in [5.41, 5.74) is 3.10. The van der Waals surface area contributed by atoms with Crippen molar-refractivity contribution < 1.29 is 18.7 Å². The highest BCUT2D eigenvalue weighted by Gasteiger charge is 2.33. The SMILES string of the molecule is CCOC(=O)C1=C(C)N=c2s/c(=C/c3ccc(N4CCOCC4)cc3)c(=O)n2[C@@H]1c1ccc(F)cc1. The summed E-state index contributed by atoms with van der Waals surface area (Å²) < 4.78 is 26.4. The fraction of sp³-hybridized carbons (Fsp3) is 0.296. The van der Waals surface area contributed by atoms with Crippen LogP contribution in [0.5, 0.6) is 0 Å². The van der Waals surface area contributed by atoms with Crippen LogP contribution in [0.1, 0.15) is 31.0 Å². The molecule has 186 valence electrons. The van der Waals surface area contributed by atoms with E-state index in [1.54, 1.807) is 26.0 Å². The predicted octanol–water partition coefficient (Wildman–Crippen LogP) is 2.77. The van der Waals surface area contributed by atoms with Crippen LogP contribution in [0.2, 0.25) is 0 Å². The third-order valence-electron chi connectivity index (χ3n) is 6.27. The number of fused-ring (bicyclic) bond motifs is 1. The number of morpholine rings is 1. The number of hydrogen-bond donors (Lipinski definition) is 0. The maximum Gasteiger partial charge on any atom is 0.338 e. The van der Waals surface area contributed by atoms with E-state index in [1.807, 2.05) is 30.3 Å². The van der Waals surface area contributed by atoms with Gasteiger partial charge in [-0.1, -0.05) is 35.6 Å². The Bertz CT molecular complexity index is 1480. The number of ether oxygens (including phenoxy) is 2. The maximum absolute atomic E-state index is 13.7. The summed E-state index contributed by atoms with van der Waals surface area (Å²) >= 11 is 1.26. The van der Waals surface area contributed by atoms with Gasteiger partial charge >= 0.3 is 5.97 Å². The van der Waals surface area contributed by atoms with Crippen molar-refractivity contribution in [2.24, 2.45) is 4.99 Å². The number of benzene rings is 2. The van der Waals surface area contributed by atoms with Crippen molar-refractivity contribution in [2.45, 2.75) is 19.9 Å². The van der Waals surface area contributed by atoms with Gasteiger partial charge in [0.05, 0.1) is 41.7 Å². The van der Waals surface area contributed by atoms with Crippen molar-refractivity contribution in [1.29, 1.82) is 0 Å². The molecule has 0 spiro atoms. The highest BCUT2D eigenvalue weighted by atomic mass is 32.1. The number of halogens is 1. The van der Waals surface area contributed by atoms with E-state index >= 15 is 0 Å². The number of aromatic nitrogens is 1. The molecule has 0 saturated carbocycles. The highest BCUT2D eigenvalue weighted by molar-refractivity contribution is 7.07. The van der Waals surface area contributed by atoms with Crippen LogP contribution in [0.15, 0.2) is 69.6 Å². The van der Waals surface area contributed by atoms with E-state index in [0.717, 1.165) is 24.3 Å². The van der Waals surface area contributed by atoms with Gasteiger partial charge in [0.1, 0.15) is 5.82 Å². The van der Waals surface area contributed by atoms with Crippen molar-refractivity contribution in [2.75, 3.05) is 37.8 Å². The number of carbonyl (C=O) groups excluding carboxylic acids is 1.